The van der Waals surface area contributed by atoms with Gasteiger partial charge in [0.2, 0.25) is 0 Å². The summed E-state index contributed by atoms with van der Waals surface area (Å²) in [6, 6.07) is 4.97. The minimum absolute atomic E-state index is 0.628. The maximum atomic E-state index is 4.68. The predicted octanol–water partition coefficient (Wildman–Crippen LogP) is 3.53. The Kier molecular flexibility index (Phi) is 3.88. The van der Waals surface area contributed by atoms with Crippen LogP contribution in [0.5, 0.6) is 0 Å². The predicted molar refractivity (Wildman–Crippen MR) is 79.3 cm³/mol. The van der Waals surface area contributed by atoms with Crippen molar-refractivity contribution in [1.29, 1.82) is 0 Å². The topological polar surface area (TPSA) is 24.9 Å². The molecule has 104 valence electrons. The fourth-order valence-corrected chi connectivity index (χ4v) is 4.20. The van der Waals surface area contributed by atoms with Gasteiger partial charge in [-0.05, 0) is 56.2 Å². The van der Waals surface area contributed by atoms with Crippen molar-refractivity contribution in [2.75, 3.05) is 7.05 Å². The molecule has 2 aliphatic carbocycles. The van der Waals surface area contributed by atoms with Crippen LogP contribution in [0.4, 0.5) is 0 Å². The Morgan fingerprint density at radius 1 is 1.21 bits per heavy atom. The molecular weight excluding hydrogens is 232 g/mol. The zero-order chi connectivity index (χ0) is 13.2. The van der Waals surface area contributed by atoms with Gasteiger partial charge >= 0.3 is 0 Å². The first kappa shape index (κ1) is 13.1. The average molecular weight is 258 g/mol. The molecule has 1 saturated carbocycles. The second-order valence-corrected chi connectivity index (χ2v) is 6.53. The van der Waals surface area contributed by atoms with Crippen LogP contribution in [-0.2, 0) is 6.42 Å². The summed E-state index contributed by atoms with van der Waals surface area (Å²) in [4.78, 5) is 4.68. The number of rotatable bonds is 3. The smallest absolute Gasteiger partial charge is 0.0482 e. The summed E-state index contributed by atoms with van der Waals surface area (Å²) in [6.45, 7) is 2.40. The monoisotopic (exact) mass is 258 g/mol. The van der Waals surface area contributed by atoms with Crippen LogP contribution in [0.15, 0.2) is 18.3 Å². The number of likely N-dealkylation sites (N-methyl/N-ethyl adjacent to an activating group) is 1. The average Bonchev–Trinajstić information content (AvgIpc) is 2.86. The van der Waals surface area contributed by atoms with E-state index in [1.165, 1.54) is 49.8 Å². The van der Waals surface area contributed by atoms with Crippen molar-refractivity contribution in [2.45, 2.75) is 57.4 Å². The van der Waals surface area contributed by atoms with Crippen LogP contribution < -0.4 is 5.32 Å². The fraction of sp³-hybridized carbons (Fsp3) is 0.706. The highest BCUT2D eigenvalue weighted by Gasteiger charge is 2.35. The van der Waals surface area contributed by atoms with Crippen molar-refractivity contribution in [3.05, 3.63) is 29.6 Å². The Bertz CT molecular complexity index is 421. The quantitative estimate of drug-likeness (QED) is 0.897. The maximum absolute atomic E-state index is 4.68. The van der Waals surface area contributed by atoms with Crippen molar-refractivity contribution in [1.82, 2.24) is 10.3 Å². The van der Waals surface area contributed by atoms with E-state index < -0.39 is 0 Å². The fourth-order valence-electron chi connectivity index (χ4n) is 4.20. The normalized spacial score (nSPS) is 32.0. The lowest BCUT2D eigenvalue weighted by Crippen LogP contribution is -2.40. The summed E-state index contributed by atoms with van der Waals surface area (Å²) in [5.74, 6) is 2.42. The Morgan fingerprint density at radius 2 is 2.00 bits per heavy atom. The first-order chi connectivity index (χ1) is 9.29. The van der Waals surface area contributed by atoms with Crippen molar-refractivity contribution < 1.29 is 0 Å². The molecule has 0 aliphatic heterocycles. The van der Waals surface area contributed by atoms with E-state index in [1.54, 1.807) is 0 Å². The number of fused-ring (bicyclic) bond motifs is 1. The Morgan fingerprint density at radius 3 is 2.74 bits per heavy atom. The number of nitrogens with zero attached hydrogens (tertiary/aromatic N) is 1. The summed E-state index contributed by atoms with van der Waals surface area (Å²) in [5, 5.41) is 3.63. The zero-order valence-corrected chi connectivity index (χ0v) is 12.2. The second-order valence-electron chi connectivity index (χ2n) is 6.53. The molecule has 2 unspecified atom stereocenters. The van der Waals surface area contributed by atoms with Crippen molar-refractivity contribution in [3.8, 4) is 0 Å². The minimum atomic E-state index is 0.628. The molecule has 2 aliphatic rings. The molecule has 1 aromatic rings. The number of aromatic nitrogens is 1. The molecule has 0 radical (unpaired) electrons. The van der Waals surface area contributed by atoms with Gasteiger partial charge in [-0.25, -0.2) is 0 Å². The molecule has 19 heavy (non-hydrogen) atoms. The van der Waals surface area contributed by atoms with E-state index in [0.717, 1.165) is 11.8 Å². The summed E-state index contributed by atoms with van der Waals surface area (Å²) in [5.41, 5.74) is 2.86. The highest BCUT2D eigenvalue weighted by Crippen LogP contribution is 2.40. The lowest BCUT2D eigenvalue weighted by molar-refractivity contribution is 0.214. The largest absolute Gasteiger partial charge is 0.316 e. The maximum Gasteiger partial charge on any atom is 0.0482 e. The van der Waals surface area contributed by atoms with Gasteiger partial charge in [0.05, 0.1) is 0 Å². The van der Waals surface area contributed by atoms with Gasteiger partial charge in [-0.3, -0.25) is 4.98 Å². The first-order valence-electron chi connectivity index (χ1n) is 7.90. The first-order valence-corrected chi connectivity index (χ1v) is 7.90. The van der Waals surface area contributed by atoms with Crippen LogP contribution in [-0.4, -0.2) is 18.1 Å². The number of hydrogen-bond acceptors (Lipinski definition) is 2. The highest BCUT2D eigenvalue weighted by atomic mass is 14.9. The molecule has 2 heteroatoms. The van der Waals surface area contributed by atoms with Gasteiger partial charge in [0.15, 0.2) is 0 Å². The Labute approximate surface area is 117 Å². The van der Waals surface area contributed by atoms with E-state index in [0.29, 0.717) is 12.0 Å². The van der Waals surface area contributed by atoms with Gasteiger partial charge in [-0.15, -0.1) is 0 Å². The van der Waals surface area contributed by atoms with E-state index in [2.05, 4.69) is 36.4 Å². The molecule has 0 bridgehead atoms. The summed E-state index contributed by atoms with van der Waals surface area (Å²) < 4.78 is 0. The summed E-state index contributed by atoms with van der Waals surface area (Å²) in [6.07, 6.45) is 10.1. The van der Waals surface area contributed by atoms with Gasteiger partial charge in [0.1, 0.15) is 0 Å². The van der Waals surface area contributed by atoms with E-state index >= 15 is 0 Å². The Hall–Kier alpha value is -0.890. The molecular formula is C17H26N2. The molecule has 0 spiro atoms. The van der Waals surface area contributed by atoms with Crippen LogP contribution >= 0.6 is 0 Å². The van der Waals surface area contributed by atoms with E-state index in [-0.39, 0.29) is 0 Å². The van der Waals surface area contributed by atoms with Gasteiger partial charge in [0.25, 0.3) is 0 Å². The Balaban J connectivity index is 1.76. The summed E-state index contributed by atoms with van der Waals surface area (Å²) >= 11 is 0. The zero-order valence-electron chi connectivity index (χ0n) is 12.2. The van der Waals surface area contributed by atoms with E-state index in [9.17, 15) is 0 Å². The lowest BCUT2D eigenvalue weighted by Gasteiger charge is -2.36. The second kappa shape index (κ2) is 5.62. The highest BCUT2D eigenvalue weighted by molar-refractivity contribution is 5.30. The van der Waals surface area contributed by atoms with Crippen LogP contribution in [0.1, 0.15) is 56.2 Å². The molecule has 0 amide bonds. The van der Waals surface area contributed by atoms with Gasteiger partial charge in [0, 0.05) is 23.9 Å². The van der Waals surface area contributed by atoms with E-state index in [4.69, 9.17) is 0 Å². The molecule has 3 rings (SSSR count). The van der Waals surface area contributed by atoms with Crippen molar-refractivity contribution in [2.24, 2.45) is 11.8 Å². The number of hydrogen-bond donors (Lipinski definition) is 1. The van der Waals surface area contributed by atoms with Crippen LogP contribution in [0, 0.1) is 11.8 Å². The third-order valence-corrected chi connectivity index (χ3v) is 5.34. The molecule has 1 fully saturated rings. The summed E-state index contributed by atoms with van der Waals surface area (Å²) in [7, 11) is 2.14. The van der Waals surface area contributed by atoms with Crippen molar-refractivity contribution >= 4 is 0 Å². The molecule has 0 aromatic carbocycles. The minimum Gasteiger partial charge on any atom is -0.316 e. The van der Waals surface area contributed by atoms with Gasteiger partial charge in [-0.2, -0.15) is 0 Å². The molecule has 2 atom stereocenters. The molecule has 0 saturated heterocycles. The standard InChI is InChI=1S/C17H26N2/c1-12-5-7-14(8-6-12)16(18-2)15-10-9-13-4-3-11-19-17(13)15/h3-4,11-12,14-16,18H,5-10H2,1-2H3. The van der Waals surface area contributed by atoms with Gasteiger partial charge in [-0.1, -0.05) is 25.8 Å². The number of pyridine rings is 1. The molecule has 1 N–H and O–H groups in total. The molecule has 1 heterocycles. The van der Waals surface area contributed by atoms with Crippen LogP contribution in [0.25, 0.3) is 0 Å². The molecule has 1 aromatic heterocycles. The molecule has 2 nitrogen and oxygen atoms in total. The third kappa shape index (κ3) is 2.55. The number of nitrogens with one attached hydrogen (secondary N) is 1. The van der Waals surface area contributed by atoms with Crippen LogP contribution in [0.3, 0.4) is 0 Å². The van der Waals surface area contributed by atoms with Gasteiger partial charge < -0.3 is 5.32 Å². The van der Waals surface area contributed by atoms with Crippen LogP contribution in [0.2, 0.25) is 0 Å². The number of aryl methyl sites for hydroxylation is 1. The SMILES string of the molecule is CNC(C1CCC(C)CC1)C1CCc2cccnc21. The van der Waals surface area contributed by atoms with E-state index in [1.807, 2.05) is 6.20 Å². The van der Waals surface area contributed by atoms with Crippen molar-refractivity contribution in [3.63, 3.8) is 0 Å². The lowest BCUT2D eigenvalue weighted by atomic mass is 9.75. The third-order valence-electron chi connectivity index (χ3n) is 5.34.